The highest BCUT2D eigenvalue weighted by atomic mass is 16.5. The molecule has 4 rings (SSSR count). The molecule has 1 amide bonds. The number of carbonyl (C=O) groups excluding carboxylic acids is 1. The molecule has 3 heterocycles. The summed E-state index contributed by atoms with van der Waals surface area (Å²) in [7, 11) is 1.61. The number of hydrogen-bond acceptors (Lipinski definition) is 3. The highest BCUT2D eigenvalue weighted by molar-refractivity contribution is 6.02. The molecule has 6 nitrogen and oxygen atoms in total. The summed E-state index contributed by atoms with van der Waals surface area (Å²) in [5.41, 5.74) is 4.18. The molecule has 6 heteroatoms. The van der Waals surface area contributed by atoms with Crippen LogP contribution in [0.3, 0.4) is 0 Å². The highest BCUT2D eigenvalue weighted by Gasteiger charge is 2.17. The van der Waals surface area contributed by atoms with Crippen molar-refractivity contribution in [3.05, 3.63) is 78.9 Å². The number of ether oxygens (including phenoxy) is 1. The number of nitrogens with zero attached hydrogens (tertiary/aromatic N) is 3. The van der Waals surface area contributed by atoms with Crippen molar-refractivity contribution in [3.63, 3.8) is 0 Å². The van der Waals surface area contributed by atoms with Crippen molar-refractivity contribution in [1.29, 1.82) is 0 Å². The lowest BCUT2D eigenvalue weighted by Gasteiger charge is -2.03. The lowest BCUT2D eigenvalue weighted by molar-refractivity contribution is 0.0939. The van der Waals surface area contributed by atoms with E-state index in [9.17, 15) is 4.79 Å². The minimum Gasteiger partial charge on any atom is -0.383 e. The number of fused-ring (bicyclic) bond motifs is 1. The number of methoxy groups -OCH3 is 1. The number of benzene rings is 1. The highest BCUT2D eigenvalue weighted by Crippen LogP contribution is 2.26. The van der Waals surface area contributed by atoms with E-state index in [-0.39, 0.29) is 5.91 Å². The van der Waals surface area contributed by atoms with Crippen LogP contribution in [0.2, 0.25) is 0 Å². The Hall–Kier alpha value is -3.38. The quantitative estimate of drug-likeness (QED) is 0.537. The van der Waals surface area contributed by atoms with E-state index in [1.807, 2.05) is 76.0 Å². The molecule has 0 atom stereocenters. The average molecular weight is 360 g/mol. The summed E-state index contributed by atoms with van der Waals surface area (Å²) in [5, 5.41) is 2.88. The van der Waals surface area contributed by atoms with Gasteiger partial charge in [0.15, 0.2) is 0 Å². The number of nitrogens with one attached hydrogen (secondary N) is 1. The molecular weight excluding hydrogens is 340 g/mol. The summed E-state index contributed by atoms with van der Waals surface area (Å²) in [5.74, 6) is -0.121. The molecule has 27 heavy (non-hydrogen) atoms. The van der Waals surface area contributed by atoms with Crippen molar-refractivity contribution in [2.75, 3.05) is 20.3 Å². The number of aromatic nitrogens is 3. The SMILES string of the molecule is COCCNC(=O)c1cc(-c2cn(-c3ccccc3)cn2)n2ccccc12. The molecule has 3 aromatic heterocycles. The van der Waals surface area contributed by atoms with Gasteiger partial charge in [0, 0.05) is 31.7 Å². The van der Waals surface area contributed by atoms with Gasteiger partial charge in [-0.2, -0.15) is 0 Å². The maximum atomic E-state index is 12.6. The van der Waals surface area contributed by atoms with Crippen LogP contribution in [-0.4, -0.2) is 40.1 Å². The van der Waals surface area contributed by atoms with Gasteiger partial charge < -0.3 is 19.0 Å². The van der Waals surface area contributed by atoms with E-state index in [0.717, 1.165) is 22.6 Å². The molecule has 136 valence electrons. The molecule has 0 aliphatic carbocycles. The third-order valence-electron chi connectivity index (χ3n) is 4.41. The standard InChI is InChI=1S/C21H20N4O2/c1-27-12-10-22-21(26)17-13-20(25-11-6-5-9-19(17)25)18-14-24(15-23-18)16-7-3-2-4-8-16/h2-9,11,13-15H,10,12H2,1H3,(H,22,26). The van der Waals surface area contributed by atoms with Gasteiger partial charge in [0.25, 0.3) is 5.91 Å². The molecule has 1 N–H and O–H groups in total. The van der Waals surface area contributed by atoms with Gasteiger partial charge in [-0.25, -0.2) is 4.98 Å². The molecular formula is C21H20N4O2. The van der Waals surface area contributed by atoms with Gasteiger partial charge in [0.1, 0.15) is 5.69 Å². The Morgan fingerprint density at radius 2 is 1.96 bits per heavy atom. The Labute approximate surface area is 157 Å². The van der Waals surface area contributed by atoms with Crippen LogP contribution in [0.25, 0.3) is 22.6 Å². The van der Waals surface area contributed by atoms with Crippen molar-refractivity contribution in [3.8, 4) is 17.1 Å². The largest absolute Gasteiger partial charge is 0.383 e. The summed E-state index contributed by atoms with van der Waals surface area (Å²) in [6, 6.07) is 17.7. The Kier molecular flexibility index (Phi) is 4.72. The van der Waals surface area contributed by atoms with Gasteiger partial charge in [-0.15, -0.1) is 0 Å². The lowest BCUT2D eigenvalue weighted by atomic mass is 10.2. The fourth-order valence-corrected chi connectivity index (χ4v) is 3.09. The molecule has 0 aliphatic heterocycles. The van der Waals surface area contributed by atoms with E-state index >= 15 is 0 Å². The van der Waals surface area contributed by atoms with Crippen LogP contribution in [0.1, 0.15) is 10.4 Å². The van der Waals surface area contributed by atoms with E-state index in [1.54, 1.807) is 13.4 Å². The zero-order chi connectivity index (χ0) is 18.6. The van der Waals surface area contributed by atoms with Crippen LogP contribution in [0.5, 0.6) is 0 Å². The molecule has 0 fully saturated rings. The zero-order valence-electron chi connectivity index (χ0n) is 15.0. The number of carbonyl (C=O) groups is 1. The van der Waals surface area contributed by atoms with Crippen LogP contribution in [-0.2, 0) is 4.74 Å². The van der Waals surface area contributed by atoms with E-state index < -0.39 is 0 Å². The van der Waals surface area contributed by atoms with E-state index in [1.165, 1.54) is 0 Å². The van der Waals surface area contributed by atoms with E-state index in [0.29, 0.717) is 18.7 Å². The Morgan fingerprint density at radius 1 is 1.15 bits per heavy atom. The van der Waals surface area contributed by atoms with Crippen LogP contribution in [0.4, 0.5) is 0 Å². The van der Waals surface area contributed by atoms with Gasteiger partial charge in [0.05, 0.1) is 29.7 Å². The van der Waals surface area contributed by atoms with Gasteiger partial charge in [-0.3, -0.25) is 4.79 Å². The van der Waals surface area contributed by atoms with Crippen molar-refractivity contribution in [2.24, 2.45) is 0 Å². The summed E-state index contributed by atoms with van der Waals surface area (Å²) in [4.78, 5) is 17.2. The number of imidazole rings is 1. The summed E-state index contributed by atoms with van der Waals surface area (Å²) >= 11 is 0. The summed E-state index contributed by atoms with van der Waals surface area (Å²) in [6.07, 6.45) is 5.69. The predicted molar refractivity (Wildman–Crippen MR) is 104 cm³/mol. The molecule has 1 aromatic carbocycles. The van der Waals surface area contributed by atoms with Crippen LogP contribution < -0.4 is 5.32 Å². The number of para-hydroxylation sites is 1. The number of pyridine rings is 1. The number of rotatable bonds is 6. The minimum atomic E-state index is -0.121. The third-order valence-corrected chi connectivity index (χ3v) is 4.41. The van der Waals surface area contributed by atoms with Crippen LogP contribution >= 0.6 is 0 Å². The van der Waals surface area contributed by atoms with Crippen LogP contribution in [0, 0.1) is 0 Å². The maximum absolute atomic E-state index is 12.6. The van der Waals surface area contributed by atoms with Crippen molar-refractivity contribution < 1.29 is 9.53 Å². The second-order valence-corrected chi connectivity index (χ2v) is 6.15. The molecule has 0 saturated carbocycles. The van der Waals surface area contributed by atoms with Gasteiger partial charge in [0.2, 0.25) is 0 Å². The topological polar surface area (TPSA) is 60.6 Å². The normalized spacial score (nSPS) is 11.0. The Bertz CT molecular complexity index is 1070. The molecule has 0 saturated heterocycles. The van der Waals surface area contributed by atoms with Crippen molar-refractivity contribution in [1.82, 2.24) is 19.3 Å². The average Bonchev–Trinajstić information content (AvgIpc) is 3.34. The first-order valence-electron chi connectivity index (χ1n) is 8.75. The van der Waals surface area contributed by atoms with Crippen molar-refractivity contribution >= 4 is 11.4 Å². The predicted octanol–water partition coefficient (Wildman–Crippen LogP) is 3.17. The molecule has 0 unspecified atom stereocenters. The third kappa shape index (κ3) is 3.35. The van der Waals surface area contributed by atoms with Gasteiger partial charge >= 0.3 is 0 Å². The number of hydrogen-bond donors (Lipinski definition) is 1. The second-order valence-electron chi connectivity index (χ2n) is 6.15. The van der Waals surface area contributed by atoms with E-state index in [2.05, 4.69) is 10.3 Å². The smallest absolute Gasteiger partial charge is 0.253 e. The first-order valence-corrected chi connectivity index (χ1v) is 8.75. The lowest BCUT2D eigenvalue weighted by Crippen LogP contribution is -2.26. The molecule has 4 aromatic rings. The van der Waals surface area contributed by atoms with Crippen molar-refractivity contribution in [2.45, 2.75) is 0 Å². The zero-order valence-corrected chi connectivity index (χ0v) is 15.0. The maximum Gasteiger partial charge on any atom is 0.253 e. The first-order chi connectivity index (χ1) is 13.3. The second kappa shape index (κ2) is 7.47. The van der Waals surface area contributed by atoms with Crippen LogP contribution in [0.15, 0.2) is 73.3 Å². The molecule has 0 spiro atoms. The monoisotopic (exact) mass is 360 g/mol. The Balaban J connectivity index is 1.73. The van der Waals surface area contributed by atoms with Gasteiger partial charge in [-0.05, 0) is 30.3 Å². The molecule has 0 radical (unpaired) electrons. The fraction of sp³-hybridized carbons (Fsp3) is 0.143. The van der Waals surface area contributed by atoms with E-state index in [4.69, 9.17) is 4.74 Å². The summed E-state index contributed by atoms with van der Waals surface area (Å²) in [6.45, 7) is 0.948. The molecule has 0 bridgehead atoms. The first kappa shape index (κ1) is 17.1. The summed E-state index contributed by atoms with van der Waals surface area (Å²) < 4.78 is 8.96. The Morgan fingerprint density at radius 3 is 2.78 bits per heavy atom. The fourth-order valence-electron chi connectivity index (χ4n) is 3.09. The van der Waals surface area contributed by atoms with Gasteiger partial charge in [-0.1, -0.05) is 24.3 Å². The minimum absolute atomic E-state index is 0.121. The molecule has 0 aliphatic rings. The number of amides is 1.